The van der Waals surface area contributed by atoms with Crippen LogP contribution in [-0.4, -0.2) is 29.2 Å². The van der Waals surface area contributed by atoms with Crippen molar-refractivity contribution in [2.45, 2.75) is 31.2 Å². The average Bonchev–Trinajstić information content (AvgIpc) is 3.44. The van der Waals surface area contributed by atoms with Crippen molar-refractivity contribution in [1.82, 2.24) is 4.98 Å². The highest BCUT2D eigenvalue weighted by Crippen LogP contribution is 2.47. The van der Waals surface area contributed by atoms with Crippen molar-refractivity contribution in [3.63, 3.8) is 0 Å². The van der Waals surface area contributed by atoms with Gasteiger partial charge >= 0.3 is 5.97 Å². The highest BCUT2D eigenvalue weighted by Gasteiger charge is 2.43. The number of hydrogen-bond donors (Lipinski definition) is 3. The van der Waals surface area contributed by atoms with Crippen LogP contribution in [0.15, 0.2) is 42.6 Å². The molecule has 1 aliphatic carbocycles. The standard InChI is InChI=1S/C20H25N3O3/c21-9-7-18(22)19-6-5-15(12-23-19)26-10-8-13-1-3-14(4-2-13)16-11-17(16)20(24)25/h1-6,12,16-18H,7-11,21-22H2,(H,24,25). The van der Waals surface area contributed by atoms with Gasteiger partial charge in [0.2, 0.25) is 0 Å². The molecule has 0 saturated heterocycles. The SMILES string of the molecule is NCCC(N)c1ccc(OCCc2ccc(C3CC3C(=O)O)cc2)cn1. The van der Waals surface area contributed by atoms with E-state index in [0.717, 1.165) is 29.7 Å². The minimum absolute atomic E-state index is 0.139. The third-order valence-corrected chi connectivity index (χ3v) is 4.79. The second-order valence-electron chi connectivity index (χ2n) is 6.73. The summed E-state index contributed by atoms with van der Waals surface area (Å²) in [5, 5.41) is 9.00. The summed E-state index contributed by atoms with van der Waals surface area (Å²) >= 11 is 0. The number of aliphatic carboxylic acids is 1. The van der Waals surface area contributed by atoms with Gasteiger partial charge in [-0.25, -0.2) is 0 Å². The van der Waals surface area contributed by atoms with Crippen LogP contribution in [0, 0.1) is 5.92 Å². The van der Waals surface area contributed by atoms with Gasteiger partial charge in [-0.2, -0.15) is 0 Å². The highest BCUT2D eigenvalue weighted by molar-refractivity contribution is 5.75. The van der Waals surface area contributed by atoms with Gasteiger partial charge in [0.25, 0.3) is 0 Å². The van der Waals surface area contributed by atoms with E-state index in [1.54, 1.807) is 6.20 Å². The lowest BCUT2D eigenvalue weighted by Gasteiger charge is -2.11. The molecule has 3 atom stereocenters. The molecule has 2 aromatic rings. The molecule has 5 N–H and O–H groups in total. The van der Waals surface area contributed by atoms with E-state index in [-0.39, 0.29) is 17.9 Å². The van der Waals surface area contributed by atoms with Gasteiger partial charge in [0.15, 0.2) is 0 Å². The van der Waals surface area contributed by atoms with Crippen LogP contribution in [0.3, 0.4) is 0 Å². The lowest BCUT2D eigenvalue weighted by Crippen LogP contribution is -2.16. The molecule has 1 aliphatic rings. The number of benzene rings is 1. The third kappa shape index (κ3) is 4.59. The first kappa shape index (κ1) is 18.4. The fourth-order valence-electron chi connectivity index (χ4n) is 3.08. The molecule has 1 fully saturated rings. The fraction of sp³-hybridized carbons (Fsp3) is 0.400. The van der Waals surface area contributed by atoms with E-state index in [1.807, 2.05) is 36.4 Å². The van der Waals surface area contributed by atoms with Crippen LogP contribution < -0.4 is 16.2 Å². The molecule has 1 heterocycles. The van der Waals surface area contributed by atoms with E-state index in [1.165, 1.54) is 0 Å². The molecule has 0 aliphatic heterocycles. The fourth-order valence-corrected chi connectivity index (χ4v) is 3.08. The molecule has 6 nitrogen and oxygen atoms in total. The Kier molecular flexibility index (Phi) is 5.85. The summed E-state index contributed by atoms with van der Waals surface area (Å²) < 4.78 is 5.74. The van der Waals surface area contributed by atoms with Gasteiger partial charge in [-0.15, -0.1) is 0 Å². The van der Waals surface area contributed by atoms with E-state index in [0.29, 0.717) is 25.3 Å². The summed E-state index contributed by atoms with van der Waals surface area (Å²) in [4.78, 5) is 15.3. The number of aromatic nitrogens is 1. The van der Waals surface area contributed by atoms with Gasteiger partial charge in [0.1, 0.15) is 5.75 Å². The predicted molar refractivity (Wildman–Crippen MR) is 99.0 cm³/mol. The number of nitrogens with two attached hydrogens (primary N) is 2. The van der Waals surface area contributed by atoms with Crippen molar-refractivity contribution in [3.05, 3.63) is 59.4 Å². The molecule has 0 amide bonds. The topological polar surface area (TPSA) is 111 Å². The molecular formula is C20H25N3O3. The number of carbonyl (C=O) groups is 1. The lowest BCUT2D eigenvalue weighted by molar-refractivity contribution is -0.138. The molecule has 6 heteroatoms. The van der Waals surface area contributed by atoms with Gasteiger partial charge in [0.05, 0.1) is 24.4 Å². The van der Waals surface area contributed by atoms with E-state index < -0.39 is 5.97 Å². The summed E-state index contributed by atoms with van der Waals surface area (Å²) in [5.74, 6) is -0.0191. The normalized spacial score (nSPS) is 19.8. The van der Waals surface area contributed by atoms with E-state index in [2.05, 4.69) is 4.98 Å². The molecule has 138 valence electrons. The number of pyridine rings is 1. The number of nitrogens with zero attached hydrogens (tertiary/aromatic N) is 1. The smallest absolute Gasteiger partial charge is 0.307 e. The highest BCUT2D eigenvalue weighted by atomic mass is 16.5. The Hall–Kier alpha value is -2.44. The van der Waals surface area contributed by atoms with Crippen LogP contribution in [0.4, 0.5) is 0 Å². The Balaban J connectivity index is 1.45. The van der Waals surface area contributed by atoms with Crippen LogP contribution in [0.25, 0.3) is 0 Å². The first-order valence-corrected chi connectivity index (χ1v) is 8.94. The monoisotopic (exact) mass is 355 g/mol. The van der Waals surface area contributed by atoms with Crippen LogP contribution in [0.2, 0.25) is 0 Å². The summed E-state index contributed by atoms with van der Waals surface area (Å²) in [5.41, 5.74) is 14.6. The van der Waals surface area contributed by atoms with Crippen molar-refractivity contribution in [3.8, 4) is 5.75 Å². The Morgan fingerprint density at radius 3 is 2.62 bits per heavy atom. The summed E-state index contributed by atoms with van der Waals surface area (Å²) in [7, 11) is 0. The van der Waals surface area contributed by atoms with E-state index in [9.17, 15) is 4.79 Å². The van der Waals surface area contributed by atoms with E-state index >= 15 is 0 Å². The zero-order valence-electron chi connectivity index (χ0n) is 14.7. The van der Waals surface area contributed by atoms with Gasteiger partial charge in [-0.05, 0) is 48.6 Å². The summed E-state index contributed by atoms with van der Waals surface area (Å²) in [6.07, 6.45) is 3.92. The Labute approximate surface area is 153 Å². The molecule has 1 saturated carbocycles. The van der Waals surface area contributed by atoms with Crippen LogP contribution in [0.1, 0.15) is 41.6 Å². The maximum atomic E-state index is 10.9. The molecule has 1 aromatic heterocycles. The zero-order chi connectivity index (χ0) is 18.5. The van der Waals surface area contributed by atoms with Crippen molar-refractivity contribution < 1.29 is 14.6 Å². The molecule has 0 bridgehead atoms. The van der Waals surface area contributed by atoms with Crippen molar-refractivity contribution >= 4 is 5.97 Å². The molecule has 0 radical (unpaired) electrons. The van der Waals surface area contributed by atoms with Crippen molar-refractivity contribution in [2.75, 3.05) is 13.2 Å². The number of rotatable bonds is 9. The Bertz CT molecular complexity index is 731. The minimum Gasteiger partial charge on any atom is -0.492 e. The third-order valence-electron chi connectivity index (χ3n) is 4.79. The van der Waals surface area contributed by atoms with Crippen LogP contribution in [0.5, 0.6) is 5.75 Å². The number of carboxylic acid groups (broad SMARTS) is 1. The first-order valence-electron chi connectivity index (χ1n) is 8.94. The zero-order valence-corrected chi connectivity index (χ0v) is 14.7. The second kappa shape index (κ2) is 8.29. The summed E-state index contributed by atoms with van der Waals surface area (Å²) in [6.45, 7) is 1.09. The maximum absolute atomic E-state index is 10.9. The Morgan fingerprint density at radius 2 is 2.04 bits per heavy atom. The van der Waals surface area contributed by atoms with Gasteiger partial charge in [-0.3, -0.25) is 9.78 Å². The number of ether oxygens (including phenoxy) is 1. The quantitative estimate of drug-likeness (QED) is 0.636. The summed E-state index contributed by atoms with van der Waals surface area (Å²) in [6, 6.07) is 11.8. The van der Waals surface area contributed by atoms with Gasteiger partial charge in [0, 0.05) is 12.5 Å². The minimum atomic E-state index is -0.698. The predicted octanol–water partition coefficient (Wildman–Crippen LogP) is 2.24. The van der Waals surface area contributed by atoms with Crippen LogP contribution >= 0.6 is 0 Å². The number of hydrogen-bond acceptors (Lipinski definition) is 5. The largest absolute Gasteiger partial charge is 0.492 e. The van der Waals surface area contributed by atoms with E-state index in [4.69, 9.17) is 21.3 Å². The molecule has 3 unspecified atom stereocenters. The number of carboxylic acids is 1. The maximum Gasteiger partial charge on any atom is 0.307 e. The molecule has 3 rings (SSSR count). The van der Waals surface area contributed by atoms with Crippen molar-refractivity contribution in [1.29, 1.82) is 0 Å². The van der Waals surface area contributed by atoms with Gasteiger partial charge < -0.3 is 21.3 Å². The second-order valence-corrected chi connectivity index (χ2v) is 6.73. The average molecular weight is 355 g/mol. The Morgan fingerprint density at radius 1 is 1.27 bits per heavy atom. The first-order chi connectivity index (χ1) is 12.6. The van der Waals surface area contributed by atoms with Gasteiger partial charge in [-0.1, -0.05) is 24.3 Å². The van der Waals surface area contributed by atoms with Crippen molar-refractivity contribution in [2.24, 2.45) is 17.4 Å². The molecular weight excluding hydrogens is 330 g/mol. The molecule has 0 spiro atoms. The molecule has 26 heavy (non-hydrogen) atoms. The molecule has 1 aromatic carbocycles. The van der Waals surface area contributed by atoms with Crippen LogP contribution in [-0.2, 0) is 11.2 Å². The lowest BCUT2D eigenvalue weighted by atomic mass is 10.1.